The van der Waals surface area contributed by atoms with E-state index < -0.39 is 29.9 Å². The summed E-state index contributed by atoms with van der Waals surface area (Å²) in [6, 6.07) is -2.24. The van der Waals surface area contributed by atoms with Crippen molar-refractivity contribution in [3.8, 4) is 0 Å². The van der Waals surface area contributed by atoms with Crippen LogP contribution in [-0.2, 0) is 25.6 Å². The molecule has 2 fully saturated rings. The summed E-state index contributed by atoms with van der Waals surface area (Å²) in [7, 11) is 0. The van der Waals surface area contributed by atoms with Crippen molar-refractivity contribution in [2.75, 3.05) is 11.6 Å². The lowest BCUT2D eigenvalue weighted by molar-refractivity contribution is -0.140. The first-order chi connectivity index (χ1) is 12.5. The number of amides is 4. The summed E-state index contributed by atoms with van der Waals surface area (Å²) in [5, 5.41) is 5.28. The van der Waals surface area contributed by atoms with Gasteiger partial charge in [0.1, 0.15) is 18.1 Å². The van der Waals surface area contributed by atoms with Crippen LogP contribution in [0.1, 0.15) is 18.5 Å². The normalized spacial score (nSPS) is 23.5. The number of nitrogens with zero attached hydrogens (tertiary/aromatic N) is 2. The summed E-state index contributed by atoms with van der Waals surface area (Å²) in [6.45, 7) is 0. The van der Waals surface area contributed by atoms with Crippen molar-refractivity contribution < 1.29 is 19.2 Å². The standard InChI is InChI=1S/C15H20N6O4S/c16-13(23)11-5-26-7-21(11)15(25)10(3-8-4-17-6-18-8)20-14(24)9-1-2-12(22)19-9/h4,6,9-11H,1-3,5,7H2,(H2,16,23)(H,17,18)(H,19,22)(H,20,24)/t9-,10-,11-/m0/s1. The number of rotatable bonds is 6. The molecule has 5 N–H and O–H groups in total. The molecule has 0 unspecified atom stereocenters. The van der Waals surface area contributed by atoms with Crippen molar-refractivity contribution in [3.05, 3.63) is 18.2 Å². The van der Waals surface area contributed by atoms with Crippen LogP contribution in [0.4, 0.5) is 0 Å². The fourth-order valence-electron chi connectivity index (χ4n) is 3.00. The maximum Gasteiger partial charge on any atom is 0.246 e. The van der Waals surface area contributed by atoms with Gasteiger partial charge in [-0.25, -0.2) is 4.98 Å². The summed E-state index contributed by atoms with van der Waals surface area (Å²) in [5.41, 5.74) is 6.05. The number of nitrogens with two attached hydrogens (primary N) is 1. The number of hydrogen-bond donors (Lipinski definition) is 4. The molecule has 0 aromatic carbocycles. The molecule has 0 radical (unpaired) electrons. The van der Waals surface area contributed by atoms with E-state index in [0.717, 1.165) is 0 Å². The van der Waals surface area contributed by atoms with Gasteiger partial charge in [0.25, 0.3) is 0 Å². The van der Waals surface area contributed by atoms with Crippen molar-refractivity contribution in [1.82, 2.24) is 25.5 Å². The molecule has 0 spiro atoms. The minimum Gasteiger partial charge on any atom is -0.368 e. The number of imidazole rings is 1. The highest BCUT2D eigenvalue weighted by Crippen LogP contribution is 2.22. The number of carbonyl (C=O) groups is 4. The van der Waals surface area contributed by atoms with Gasteiger partial charge in [0.15, 0.2) is 0 Å². The number of carbonyl (C=O) groups excluding carboxylic acids is 4. The number of aromatic nitrogens is 2. The van der Waals surface area contributed by atoms with Crippen LogP contribution in [0, 0.1) is 0 Å². The molecule has 0 aliphatic carbocycles. The SMILES string of the molecule is NC(=O)[C@@H]1CSCN1C(=O)[C@H](Cc1cnc[nH]1)NC(=O)[C@@H]1CCC(=O)N1. The Hall–Kier alpha value is -2.56. The highest BCUT2D eigenvalue weighted by atomic mass is 32.2. The summed E-state index contributed by atoms with van der Waals surface area (Å²) >= 11 is 1.43. The first-order valence-electron chi connectivity index (χ1n) is 8.20. The predicted molar refractivity (Wildman–Crippen MR) is 92.5 cm³/mol. The zero-order valence-corrected chi connectivity index (χ0v) is 14.8. The Kier molecular flexibility index (Phi) is 5.45. The largest absolute Gasteiger partial charge is 0.368 e. The molecule has 140 valence electrons. The Balaban J connectivity index is 1.74. The zero-order chi connectivity index (χ0) is 18.7. The Labute approximate surface area is 153 Å². The van der Waals surface area contributed by atoms with Crippen LogP contribution >= 0.6 is 11.8 Å². The van der Waals surface area contributed by atoms with E-state index >= 15 is 0 Å². The maximum atomic E-state index is 13.0. The first kappa shape index (κ1) is 18.2. The van der Waals surface area contributed by atoms with Gasteiger partial charge in [0, 0.05) is 30.5 Å². The fraction of sp³-hybridized carbons (Fsp3) is 0.533. The number of H-pyrrole nitrogens is 1. The Bertz CT molecular complexity index is 709. The van der Waals surface area contributed by atoms with E-state index in [9.17, 15) is 19.2 Å². The molecule has 0 saturated carbocycles. The van der Waals surface area contributed by atoms with Crippen LogP contribution in [0.15, 0.2) is 12.5 Å². The van der Waals surface area contributed by atoms with Crippen molar-refractivity contribution >= 4 is 35.4 Å². The molecule has 2 saturated heterocycles. The van der Waals surface area contributed by atoms with Crippen LogP contribution in [-0.4, -0.2) is 68.3 Å². The smallest absolute Gasteiger partial charge is 0.246 e. The second kappa shape index (κ2) is 7.77. The van der Waals surface area contributed by atoms with Crippen molar-refractivity contribution in [1.29, 1.82) is 0 Å². The number of nitrogens with one attached hydrogen (secondary N) is 3. The highest BCUT2D eigenvalue weighted by molar-refractivity contribution is 7.99. The molecule has 3 heterocycles. The van der Waals surface area contributed by atoms with Crippen LogP contribution in [0.25, 0.3) is 0 Å². The van der Waals surface area contributed by atoms with Crippen molar-refractivity contribution in [2.45, 2.75) is 37.4 Å². The quantitative estimate of drug-likeness (QED) is 0.453. The minimum absolute atomic E-state index is 0.189. The first-order valence-corrected chi connectivity index (χ1v) is 9.35. The molecule has 3 atom stereocenters. The average molecular weight is 380 g/mol. The monoisotopic (exact) mass is 380 g/mol. The van der Waals surface area contributed by atoms with Gasteiger partial charge in [-0.05, 0) is 6.42 Å². The topological polar surface area (TPSA) is 150 Å². The van der Waals surface area contributed by atoms with E-state index in [-0.39, 0.29) is 24.7 Å². The van der Waals surface area contributed by atoms with E-state index in [1.54, 1.807) is 6.20 Å². The summed E-state index contributed by atoms with van der Waals surface area (Å²) in [5.74, 6) is -0.793. The van der Waals surface area contributed by atoms with E-state index in [1.165, 1.54) is 23.0 Å². The second-order valence-electron chi connectivity index (χ2n) is 6.23. The number of thioether (sulfide) groups is 1. The van der Waals surface area contributed by atoms with E-state index in [0.29, 0.717) is 23.7 Å². The van der Waals surface area contributed by atoms with Gasteiger partial charge < -0.3 is 26.3 Å². The molecule has 26 heavy (non-hydrogen) atoms. The van der Waals surface area contributed by atoms with E-state index in [2.05, 4.69) is 20.6 Å². The van der Waals surface area contributed by atoms with Crippen LogP contribution < -0.4 is 16.4 Å². The molecular formula is C15H20N6O4S. The summed E-state index contributed by atoms with van der Waals surface area (Å²) < 4.78 is 0. The third-order valence-electron chi connectivity index (χ3n) is 4.40. The third-order valence-corrected chi connectivity index (χ3v) is 5.41. The molecule has 3 rings (SSSR count). The lowest BCUT2D eigenvalue weighted by atomic mass is 10.1. The van der Waals surface area contributed by atoms with Crippen LogP contribution in [0.2, 0.25) is 0 Å². The van der Waals surface area contributed by atoms with Crippen molar-refractivity contribution in [3.63, 3.8) is 0 Å². The predicted octanol–water partition coefficient (Wildman–Crippen LogP) is -1.90. The van der Waals surface area contributed by atoms with E-state index in [4.69, 9.17) is 5.73 Å². The van der Waals surface area contributed by atoms with Gasteiger partial charge in [0.05, 0.1) is 12.2 Å². The van der Waals surface area contributed by atoms with Gasteiger partial charge in [0.2, 0.25) is 23.6 Å². The van der Waals surface area contributed by atoms with E-state index in [1.807, 2.05) is 0 Å². The molecule has 1 aromatic heterocycles. The minimum atomic E-state index is -0.888. The third kappa shape index (κ3) is 3.98. The number of primary amides is 1. The Morgan fingerprint density at radius 2 is 2.27 bits per heavy atom. The molecule has 1 aromatic rings. The molecule has 4 amide bonds. The number of aromatic amines is 1. The van der Waals surface area contributed by atoms with Crippen LogP contribution in [0.5, 0.6) is 0 Å². The van der Waals surface area contributed by atoms with Gasteiger partial charge in [-0.15, -0.1) is 11.8 Å². The highest BCUT2D eigenvalue weighted by Gasteiger charge is 2.38. The Morgan fingerprint density at radius 1 is 1.46 bits per heavy atom. The van der Waals surface area contributed by atoms with Crippen LogP contribution in [0.3, 0.4) is 0 Å². The lowest BCUT2D eigenvalue weighted by Crippen LogP contribution is -2.56. The number of hydrogen-bond acceptors (Lipinski definition) is 6. The molecular weight excluding hydrogens is 360 g/mol. The second-order valence-corrected chi connectivity index (χ2v) is 7.23. The molecule has 0 bridgehead atoms. The maximum absolute atomic E-state index is 13.0. The van der Waals surface area contributed by atoms with Gasteiger partial charge in [-0.3, -0.25) is 19.2 Å². The molecule has 10 nitrogen and oxygen atoms in total. The molecule has 2 aliphatic heterocycles. The van der Waals surface area contributed by atoms with Gasteiger partial charge in [-0.1, -0.05) is 0 Å². The molecule has 11 heteroatoms. The molecule has 2 aliphatic rings. The Morgan fingerprint density at radius 3 is 2.88 bits per heavy atom. The summed E-state index contributed by atoms with van der Waals surface area (Å²) in [6.07, 6.45) is 3.91. The lowest BCUT2D eigenvalue weighted by Gasteiger charge is -2.27. The zero-order valence-electron chi connectivity index (χ0n) is 13.9. The fourth-order valence-corrected chi connectivity index (χ4v) is 4.17. The average Bonchev–Trinajstić information content (AvgIpc) is 3.34. The summed E-state index contributed by atoms with van der Waals surface area (Å²) in [4.78, 5) is 56.5. The van der Waals surface area contributed by atoms with Gasteiger partial charge in [-0.2, -0.15) is 0 Å². The van der Waals surface area contributed by atoms with Crippen molar-refractivity contribution in [2.24, 2.45) is 5.73 Å². The van der Waals surface area contributed by atoms with Gasteiger partial charge >= 0.3 is 0 Å².